The monoisotopic (exact) mass is 476 g/mol. The van der Waals surface area contributed by atoms with Gasteiger partial charge in [-0.05, 0) is 70.1 Å². The molecule has 0 bridgehead atoms. The van der Waals surface area contributed by atoms with E-state index in [0.29, 0.717) is 10.0 Å². The molecular weight excluding hydrogens is 464 g/mol. The Kier molecular flexibility index (Phi) is 5.66. The number of thiocarbonyl (C=S) groups is 1. The van der Waals surface area contributed by atoms with Crippen LogP contribution in [0.1, 0.15) is 15.9 Å². The van der Waals surface area contributed by atoms with Crippen LogP contribution >= 0.6 is 28.1 Å². The summed E-state index contributed by atoms with van der Waals surface area (Å²) in [5.74, 6) is -2.56. The van der Waals surface area contributed by atoms with E-state index in [9.17, 15) is 24.6 Å². The van der Waals surface area contributed by atoms with Gasteiger partial charge in [0.15, 0.2) is 16.6 Å². The molecule has 148 valence electrons. The molecule has 2 amide bonds. The number of carboxylic acid groups (broad SMARTS) is 1. The number of benzene rings is 2. The van der Waals surface area contributed by atoms with E-state index < -0.39 is 17.8 Å². The number of aromatic hydroxyl groups is 1. The predicted molar refractivity (Wildman–Crippen MR) is 112 cm³/mol. The third-order valence-corrected chi connectivity index (χ3v) is 4.92. The zero-order chi connectivity index (χ0) is 21.3. The first-order chi connectivity index (χ1) is 13.7. The van der Waals surface area contributed by atoms with Crippen LogP contribution in [0.3, 0.4) is 0 Å². The van der Waals surface area contributed by atoms with Crippen molar-refractivity contribution in [2.45, 2.75) is 0 Å². The standard InChI is InChI=1S/C19H13BrN2O6S/c1-28-14-7-9(6-13(20)15(14)23)5-12-16(24)21-19(29)22(17(12)25)11-4-2-3-10(8-11)18(26)27/h2-8,23H,1H3,(H,26,27)(H,21,24,29). The van der Waals surface area contributed by atoms with Gasteiger partial charge in [-0.1, -0.05) is 6.07 Å². The van der Waals surface area contributed by atoms with E-state index in [0.717, 1.165) is 4.90 Å². The molecule has 10 heteroatoms. The summed E-state index contributed by atoms with van der Waals surface area (Å²) in [4.78, 5) is 37.7. The van der Waals surface area contributed by atoms with Crippen molar-refractivity contribution in [1.82, 2.24) is 5.32 Å². The maximum Gasteiger partial charge on any atom is 0.335 e. The molecule has 0 atom stereocenters. The molecule has 1 aliphatic rings. The lowest BCUT2D eigenvalue weighted by Gasteiger charge is -2.29. The van der Waals surface area contributed by atoms with Crippen LogP contribution in [0.5, 0.6) is 11.5 Å². The molecule has 0 aliphatic carbocycles. The van der Waals surface area contributed by atoms with E-state index >= 15 is 0 Å². The molecule has 0 unspecified atom stereocenters. The normalized spacial score (nSPS) is 15.4. The maximum absolute atomic E-state index is 13.0. The Morgan fingerprint density at radius 2 is 2.00 bits per heavy atom. The number of rotatable bonds is 4. The number of hydrogen-bond donors (Lipinski definition) is 3. The average molecular weight is 477 g/mol. The third-order valence-electron chi connectivity index (χ3n) is 4.03. The van der Waals surface area contributed by atoms with Crippen LogP contribution in [0, 0.1) is 0 Å². The minimum atomic E-state index is -1.16. The second kappa shape index (κ2) is 8.02. The summed E-state index contributed by atoms with van der Waals surface area (Å²) in [5, 5.41) is 21.3. The Hall–Kier alpha value is -3.24. The van der Waals surface area contributed by atoms with Crippen molar-refractivity contribution in [3.05, 3.63) is 57.6 Å². The van der Waals surface area contributed by atoms with Crippen molar-refractivity contribution >= 4 is 62.8 Å². The molecule has 0 radical (unpaired) electrons. The van der Waals surface area contributed by atoms with E-state index in [1.807, 2.05) is 0 Å². The molecule has 1 aliphatic heterocycles. The maximum atomic E-state index is 13.0. The van der Waals surface area contributed by atoms with Crippen molar-refractivity contribution in [2.24, 2.45) is 0 Å². The first kappa shape index (κ1) is 20.5. The van der Waals surface area contributed by atoms with E-state index in [1.54, 1.807) is 0 Å². The molecule has 8 nitrogen and oxygen atoms in total. The van der Waals surface area contributed by atoms with E-state index in [2.05, 4.69) is 21.2 Å². The van der Waals surface area contributed by atoms with E-state index in [4.69, 9.17) is 17.0 Å². The van der Waals surface area contributed by atoms with Crippen LogP contribution in [-0.4, -0.2) is 40.2 Å². The molecule has 3 rings (SSSR count). The molecule has 0 aromatic heterocycles. The Bertz CT molecular complexity index is 1100. The highest BCUT2D eigenvalue weighted by Crippen LogP contribution is 2.36. The zero-order valence-corrected chi connectivity index (χ0v) is 17.2. The first-order valence-electron chi connectivity index (χ1n) is 8.04. The van der Waals surface area contributed by atoms with Gasteiger partial charge >= 0.3 is 5.97 Å². The van der Waals surface area contributed by atoms with Gasteiger partial charge in [0, 0.05) is 0 Å². The summed E-state index contributed by atoms with van der Waals surface area (Å²) in [7, 11) is 1.37. The summed E-state index contributed by atoms with van der Waals surface area (Å²) in [6, 6.07) is 8.59. The first-order valence-corrected chi connectivity index (χ1v) is 9.24. The number of nitrogens with zero attached hydrogens (tertiary/aromatic N) is 1. The number of nitrogens with one attached hydrogen (secondary N) is 1. The highest BCUT2D eigenvalue weighted by molar-refractivity contribution is 9.10. The number of hydrogen-bond acceptors (Lipinski definition) is 6. The minimum Gasteiger partial charge on any atom is -0.503 e. The highest BCUT2D eigenvalue weighted by atomic mass is 79.9. The third kappa shape index (κ3) is 3.98. The van der Waals surface area contributed by atoms with Crippen molar-refractivity contribution in [3.63, 3.8) is 0 Å². The van der Waals surface area contributed by atoms with Crippen LogP contribution in [-0.2, 0) is 9.59 Å². The quantitative estimate of drug-likeness (QED) is 0.352. The number of halogens is 1. The number of phenols is 1. The summed E-state index contributed by atoms with van der Waals surface area (Å²) < 4.78 is 5.38. The van der Waals surface area contributed by atoms with Gasteiger partial charge in [-0.15, -0.1) is 0 Å². The number of carbonyl (C=O) groups excluding carboxylic acids is 2. The summed E-state index contributed by atoms with van der Waals surface area (Å²) in [6.45, 7) is 0. The lowest BCUT2D eigenvalue weighted by atomic mass is 10.1. The Morgan fingerprint density at radius 3 is 2.66 bits per heavy atom. The molecule has 2 aromatic rings. The minimum absolute atomic E-state index is 0.0345. The smallest absolute Gasteiger partial charge is 0.335 e. The number of ether oxygens (including phenoxy) is 1. The molecule has 29 heavy (non-hydrogen) atoms. The van der Waals surface area contributed by atoms with Crippen molar-refractivity contribution in [1.29, 1.82) is 0 Å². The zero-order valence-electron chi connectivity index (χ0n) is 14.8. The number of methoxy groups -OCH3 is 1. The Balaban J connectivity index is 2.06. The van der Waals surface area contributed by atoms with Crippen LogP contribution < -0.4 is 15.0 Å². The van der Waals surface area contributed by atoms with Gasteiger partial charge < -0.3 is 14.9 Å². The molecule has 1 heterocycles. The lowest BCUT2D eigenvalue weighted by Crippen LogP contribution is -2.54. The van der Waals surface area contributed by atoms with Gasteiger partial charge in [0.1, 0.15) is 5.57 Å². The SMILES string of the molecule is COc1cc(C=C2C(=O)NC(=S)N(c3cccc(C(=O)O)c3)C2=O)cc(Br)c1O. The van der Waals surface area contributed by atoms with Gasteiger partial charge in [0.25, 0.3) is 11.8 Å². The fourth-order valence-electron chi connectivity index (χ4n) is 2.67. The highest BCUT2D eigenvalue weighted by Gasteiger charge is 2.34. The van der Waals surface area contributed by atoms with Gasteiger partial charge in [0.05, 0.1) is 22.8 Å². The molecule has 0 saturated carbocycles. The number of carboxylic acids is 1. The Labute approximate surface area is 178 Å². The van der Waals surface area contributed by atoms with Crippen LogP contribution in [0.15, 0.2) is 46.4 Å². The predicted octanol–water partition coefficient (Wildman–Crippen LogP) is 2.69. The second-order valence-electron chi connectivity index (χ2n) is 5.87. The van der Waals surface area contributed by atoms with Crippen molar-refractivity contribution < 1.29 is 29.3 Å². The largest absolute Gasteiger partial charge is 0.503 e. The fraction of sp³-hybridized carbons (Fsp3) is 0.0526. The molecule has 0 spiro atoms. The summed E-state index contributed by atoms with van der Waals surface area (Å²) in [6.07, 6.45) is 1.32. The molecule has 3 N–H and O–H groups in total. The van der Waals surface area contributed by atoms with Gasteiger partial charge in [-0.3, -0.25) is 19.8 Å². The Morgan fingerprint density at radius 1 is 1.28 bits per heavy atom. The molecule has 2 aromatic carbocycles. The van der Waals surface area contributed by atoms with E-state index in [1.165, 1.54) is 49.6 Å². The van der Waals surface area contributed by atoms with Crippen molar-refractivity contribution in [3.8, 4) is 11.5 Å². The molecule has 1 saturated heterocycles. The van der Waals surface area contributed by atoms with E-state index in [-0.39, 0.29) is 33.4 Å². The fourth-order valence-corrected chi connectivity index (χ4v) is 3.41. The van der Waals surface area contributed by atoms with Gasteiger partial charge in [-0.25, -0.2) is 4.79 Å². The second-order valence-corrected chi connectivity index (χ2v) is 7.11. The van der Waals surface area contributed by atoms with Crippen LogP contribution in [0.25, 0.3) is 6.08 Å². The topological polar surface area (TPSA) is 116 Å². The number of phenolic OH excluding ortho intramolecular Hbond substituents is 1. The van der Waals surface area contributed by atoms with Crippen LogP contribution in [0.2, 0.25) is 0 Å². The number of carbonyl (C=O) groups is 3. The number of anilines is 1. The number of aromatic carboxylic acids is 1. The van der Waals surface area contributed by atoms with Gasteiger partial charge in [0.2, 0.25) is 0 Å². The molecule has 1 fully saturated rings. The number of amides is 2. The van der Waals surface area contributed by atoms with Crippen LogP contribution in [0.4, 0.5) is 5.69 Å². The van der Waals surface area contributed by atoms with Gasteiger partial charge in [-0.2, -0.15) is 0 Å². The summed E-state index contributed by atoms with van der Waals surface area (Å²) >= 11 is 8.29. The van der Waals surface area contributed by atoms with Crippen molar-refractivity contribution in [2.75, 3.05) is 12.0 Å². The molecular formula is C19H13BrN2O6S. The average Bonchev–Trinajstić information content (AvgIpc) is 2.67. The summed E-state index contributed by atoms with van der Waals surface area (Å²) in [5.41, 5.74) is 0.360. The lowest BCUT2D eigenvalue weighted by molar-refractivity contribution is -0.122.